The van der Waals surface area contributed by atoms with Crippen LogP contribution in [0.3, 0.4) is 0 Å². The van der Waals surface area contributed by atoms with Crippen LogP contribution in [0, 0.1) is 15.9 Å². The average molecular weight is 420 g/mol. The van der Waals surface area contributed by atoms with Gasteiger partial charge in [0.05, 0.1) is 15.9 Å². The van der Waals surface area contributed by atoms with Gasteiger partial charge in [0.25, 0.3) is 5.69 Å². The van der Waals surface area contributed by atoms with Crippen molar-refractivity contribution in [3.63, 3.8) is 0 Å². The van der Waals surface area contributed by atoms with Crippen LogP contribution in [-0.2, 0) is 0 Å². The van der Waals surface area contributed by atoms with Crippen LogP contribution in [-0.4, -0.2) is 38.7 Å². The van der Waals surface area contributed by atoms with E-state index >= 15 is 0 Å². The zero-order valence-corrected chi connectivity index (χ0v) is 14.9. The maximum atomic E-state index is 14.5. The van der Waals surface area contributed by atoms with Crippen LogP contribution >= 0.6 is 27.5 Å². The van der Waals surface area contributed by atoms with E-state index in [2.05, 4.69) is 25.9 Å². The Bertz CT molecular complexity index is 849. The van der Waals surface area contributed by atoms with Crippen molar-refractivity contribution in [3.8, 4) is 0 Å². The van der Waals surface area contributed by atoms with Gasteiger partial charge in [0.1, 0.15) is 15.8 Å². The standard InChI is InChI=1S/C14H13BrClFN4O3/c1-14(22)3-2-4-20(6-14)12-7-5-8(21(23)24)9(15)10(17)11(7)18-13(16)19-12/h5,22H,2-4,6H2,1H3/t14-/m1/s1. The van der Waals surface area contributed by atoms with Crippen molar-refractivity contribution in [2.45, 2.75) is 25.4 Å². The second-order valence-electron chi connectivity index (χ2n) is 6.02. The summed E-state index contributed by atoms with van der Waals surface area (Å²) in [4.78, 5) is 20.2. The first-order valence-electron chi connectivity index (χ1n) is 7.16. The first kappa shape index (κ1) is 17.2. The number of benzene rings is 1. The molecule has 0 saturated carbocycles. The fourth-order valence-corrected chi connectivity index (χ4v) is 3.53. The van der Waals surface area contributed by atoms with E-state index in [1.807, 2.05) is 0 Å². The molecule has 128 valence electrons. The molecule has 2 heterocycles. The van der Waals surface area contributed by atoms with Crippen LogP contribution in [0.15, 0.2) is 10.5 Å². The SMILES string of the molecule is C[C@@]1(O)CCCN(c2nc(Cl)nc3c(F)c(Br)c([N+](=O)[O-])cc23)C1. The molecule has 2 aromatic rings. The van der Waals surface area contributed by atoms with E-state index in [4.69, 9.17) is 11.6 Å². The summed E-state index contributed by atoms with van der Waals surface area (Å²) in [7, 11) is 0. The minimum atomic E-state index is -0.929. The predicted octanol–water partition coefficient (Wildman–Crippen LogP) is 3.44. The van der Waals surface area contributed by atoms with Crippen LogP contribution in [0.5, 0.6) is 0 Å². The Kier molecular flexibility index (Phi) is 4.35. The van der Waals surface area contributed by atoms with Crippen molar-refractivity contribution in [1.82, 2.24) is 9.97 Å². The summed E-state index contributed by atoms with van der Waals surface area (Å²) in [5.41, 5.74) is -1.45. The number of halogens is 3. The van der Waals surface area contributed by atoms with Crippen LogP contribution in [0.4, 0.5) is 15.9 Å². The molecule has 0 spiro atoms. The number of hydrogen-bond acceptors (Lipinski definition) is 6. The van der Waals surface area contributed by atoms with Crippen molar-refractivity contribution in [1.29, 1.82) is 0 Å². The van der Waals surface area contributed by atoms with E-state index in [1.54, 1.807) is 11.8 Å². The number of nitrogens with zero attached hydrogens (tertiary/aromatic N) is 4. The van der Waals surface area contributed by atoms with Gasteiger partial charge in [0.15, 0.2) is 5.82 Å². The highest BCUT2D eigenvalue weighted by Gasteiger charge is 2.31. The summed E-state index contributed by atoms with van der Waals surface area (Å²) in [6.07, 6.45) is 1.33. The molecular weight excluding hydrogens is 407 g/mol. The number of rotatable bonds is 2. The first-order chi connectivity index (χ1) is 11.2. The molecular formula is C14H13BrClFN4O3. The number of nitro benzene ring substituents is 1. The van der Waals surface area contributed by atoms with Crippen molar-refractivity contribution in [2.75, 3.05) is 18.0 Å². The number of hydrogen-bond donors (Lipinski definition) is 1. The van der Waals surface area contributed by atoms with Gasteiger partial charge in [-0.1, -0.05) is 0 Å². The van der Waals surface area contributed by atoms with Crippen LogP contribution in [0.2, 0.25) is 5.28 Å². The monoisotopic (exact) mass is 418 g/mol. The second kappa shape index (κ2) is 6.05. The van der Waals surface area contributed by atoms with Gasteiger partial charge in [-0.2, -0.15) is 4.98 Å². The molecule has 1 aliphatic heterocycles. The molecule has 1 atom stereocenters. The lowest BCUT2D eigenvalue weighted by Gasteiger charge is -2.37. The van der Waals surface area contributed by atoms with Crippen molar-refractivity contribution in [3.05, 3.63) is 31.8 Å². The lowest BCUT2D eigenvalue weighted by Crippen LogP contribution is -2.46. The fourth-order valence-electron chi connectivity index (χ4n) is 2.92. The minimum absolute atomic E-state index is 0.104. The van der Waals surface area contributed by atoms with Gasteiger partial charge in [-0.05, 0) is 47.3 Å². The number of β-amino-alcohol motifs (C(OH)–C–C–N with tert-alkyl or cyclic N) is 1. The average Bonchev–Trinajstić information content (AvgIpc) is 2.49. The van der Waals surface area contributed by atoms with E-state index in [0.717, 1.165) is 0 Å². The lowest BCUT2D eigenvalue weighted by molar-refractivity contribution is -0.385. The Balaban J connectivity index is 2.26. The molecule has 0 amide bonds. The molecule has 7 nitrogen and oxygen atoms in total. The second-order valence-corrected chi connectivity index (χ2v) is 7.15. The molecule has 0 aliphatic carbocycles. The van der Waals surface area contributed by atoms with E-state index in [-0.39, 0.29) is 33.0 Å². The number of nitro groups is 1. The highest BCUT2D eigenvalue weighted by atomic mass is 79.9. The molecule has 0 radical (unpaired) electrons. The Morgan fingerprint density at radius 1 is 1.54 bits per heavy atom. The topological polar surface area (TPSA) is 92.4 Å². The Labute approximate surface area is 149 Å². The minimum Gasteiger partial charge on any atom is -0.388 e. The Hall–Kier alpha value is -1.58. The maximum absolute atomic E-state index is 14.5. The summed E-state index contributed by atoms with van der Waals surface area (Å²) in [6, 6.07) is 1.22. The molecule has 0 bridgehead atoms. The Morgan fingerprint density at radius 3 is 2.88 bits per heavy atom. The smallest absolute Gasteiger partial charge is 0.287 e. The molecule has 10 heteroatoms. The summed E-state index contributed by atoms with van der Waals surface area (Å²) in [6.45, 7) is 2.54. The van der Waals surface area contributed by atoms with Crippen molar-refractivity contribution < 1.29 is 14.4 Å². The summed E-state index contributed by atoms with van der Waals surface area (Å²) < 4.78 is 14.2. The van der Waals surface area contributed by atoms with Crippen LogP contribution < -0.4 is 4.90 Å². The van der Waals surface area contributed by atoms with Gasteiger partial charge < -0.3 is 10.0 Å². The first-order valence-corrected chi connectivity index (χ1v) is 8.34. The van der Waals surface area contributed by atoms with Gasteiger partial charge in [-0.25, -0.2) is 9.37 Å². The highest BCUT2D eigenvalue weighted by molar-refractivity contribution is 9.10. The number of anilines is 1. The molecule has 0 unspecified atom stereocenters. The molecule has 3 rings (SSSR count). The highest BCUT2D eigenvalue weighted by Crippen LogP contribution is 2.38. The van der Waals surface area contributed by atoms with Crippen LogP contribution in [0.1, 0.15) is 19.8 Å². The van der Waals surface area contributed by atoms with E-state index in [1.165, 1.54) is 6.07 Å². The third kappa shape index (κ3) is 3.03. The molecule has 24 heavy (non-hydrogen) atoms. The van der Waals surface area contributed by atoms with Gasteiger partial charge >= 0.3 is 0 Å². The van der Waals surface area contributed by atoms with E-state index < -0.39 is 22.0 Å². The van der Waals surface area contributed by atoms with Gasteiger partial charge in [0.2, 0.25) is 5.28 Å². The maximum Gasteiger partial charge on any atom is 0.287 e. The quantitative estimate of drug-likeness (QED) is 0.455. The third-order valence-electron chi connectivity index (χ3n) is 3.98. The molecule has 1 fully saturated rings. The van der Waals surface area contributed by atoms with Gasteiger partial charge in [0, 0.05) is 19.2 Å². The summed E-state index contributed by atoms with van der Waals surface area (Å²) in [5.74, 6) is -0.590. The molecule has 1 aromatic heterocycles. The van der Waals surface area contributed by atoms with Crippen molar-refractivity contribution in [2.24, 2.45) is 0 Å². The zero-order valence-electron chi connectivity index (χ0n) is 12.6. The Morgan fingerprint density at radius 2 is 2.25 bits per heavy atom. The zero-order chi connectivity index (χ0) is 17.6. The number of fused-ring (bicyclic) bond motifs is 1. The molecule has 1 aromatic carbocycles. The predicted molar refractivity (Wildman–Crippen MR) is 90.9 cm³/mol. The summed E-state index contributed by atoms with van der Waals surface area (Å²) in [5, 5.41) is 21.5. The number of aliphatic hydroxyl groups is 1. The van der Waals surface area contributed by atoms with Gasteiger partial charge in [-0.3, -0.25) is 10.1 Å². The molecule has 1 N–H and O–H groups in total. The van der Waals surface area contributed by atoms with E-state index in [9.17, 15) is 19.6 Å². The normalized spacial score (nSPS) is 21.3. The number of aromatic nitrogens is 2. The van der Waals surface area contributed by atoms with E-state index in [0.29, 0.717) is 19.4 Å². The van der Waals surface area contributed by atoms with Crippen molar-refractivity contribution >= 4 is 49.9 Å². The third-order valence-corrected chi connectivity index (χ3v) is 4.90. The van der Waals surface area contributed by atoms with Crippen LogP contribution in [0.25, 0.3) is 10.9 Å². The van der Waals surface area contributed by atoms with Gasteiger partial charge in [-0.15, -0.1) is 0 Å². The molecule has 1 aliphatic rings. The summed E-state index contributed by atoms with van der Waals surface area (Å²) >= 11 is 8.80. The lowest BCUT2D eigenvalue weighted by atomic mass is 9.95. The fraction of sp³-hybridized carbons (Fsp3) is 0.429. The largest absolute Gasteiger partial charge is 0.388 e. The number of piperidine rings is 1. The molecule has 1 saturated heterocycles.